The summed E-state index contributed by atoms with van der Waals surface area (Å²) in [6.45, 7) is 4.79. The van der Waals surface area contributed by atoms with Crippen LogP contribution in [-0.4, -0.2) is 37.2 Å². The lowest BCUT2D eigenvalue weighted by molar-refractivity contribution is -0.142. The lowest BCUT2D eigenvalue weighted by Gasteiger charge is -2.17. The Morgan fingerprint density at radius 1 is 1.17 bits per heavy atom. The van der Waals surface area contributed by atoms with Crippen LogP contribution in [0.15, 0.2) is 29.2 Å². The first kappa shape index (κ1) is 19.2. The molecule has 0 aliphatic carbocycles. The zero-order valence-corrected chi connectivity index (χ0v) is 14.4. The third-order valence-corrected chi connectivity index (χ3v) is 5.58. The summed E-state index contributed by atoms with van der Waals surface area (Å²) in [4.78, 5) is 22.9. The first-order valence-corrected chi connectivity index (χ1v) is 9.16. The summed E-state index contributed by atoms with van der Waals surface area (Å²) in [5.41, 5.74) is 0.856. The van der Waals surface area contributed by atoms with Gasteiger partial charge in [-0.2, -0.15) is 0 Å². The van der Waals surface area contributed by atoms with Crippen LogP contribution in [0, 0.1) is 5.92 Å². The molecule has 7 heteroatoms. The first-order valence-electron chi connectivity index (χ1n) is 7.51. The molecule has 0 saturated carbocycles. The number of nitrogens with one attached hydrogen (secondary N) is 1. The molecule has 23 heavy (non-hydrogen) atoms. The van der Waals surface area contributed by atoms with E-state index < -0.39 is 27.8 Å². The largest absolute Gasteiger partial charge is 0.481 e. The van der Waals surface area contributed by atoms with Crippen LogP contribution in [-0.2, 0) is 25.8 Å². The molecule has 0 aromatic heterocycles. The van der Waals surface area contributed by atoms with E-state index in [4.69, 9.17) is 5.11 Å². The van der Waals surface area contributed by atoms with Crippen LogP contribution in [0.25, 0.3) is 0 Å². The predicted molar refractivity (Wildman–Crippen MR) is 86.9 cm³/mol. The van der Waals surface area contributed by atoms with Gasteiger partial charge in [-0.25, -0.2) is 8.42 Å². The molecule has 0 radical (unpaired) electrons. The molecule has 0 aliphatic heterocycles. The number of carboxylic acid groups (broad SMARTS) is 1. The Hall–Kier alpha value is -1.89. The van der Waals surface area contributed by atoms with E-state index >= 15 is 0 Å². The van der Waals surface area contributed by atoms with Gasteiger partial charge in [0.05, 0.1) is 16.6 Å². The van der Waals surface area contributed by atoms with Crippen molar-refractivity contribution in [2.24, 2.45) is 5.92 Å². The van der Waals surface area contributed by atoms with Crippen molar-refractivity contribution in [3.05, 3.63) is 29.8 Å². The molecule has 0 bridgehead atoms. The number of hydrogen-bond donors (Lipinski definition) is 2. The molecule has 1 amide bonds. The third kappa shape index (κ3) is 5.67. The molecule has 128 valence electrons. The maximum Gasteiger partial charge on any atom is 0.308 e. The second kappa shape index (κ2) is 8.10. The maximum absolute atomic E-state index is 11.8. The smallest absolute Gasteiger partial charge is 0.308 e. The molecule has 0 saturated heterocycles. The van der Waals surface area contributed by atoms with Gasteiger partial charge in [0.1, 0.15) is 0 Å². The molecule has 1 aromatic rings. The SMILES string of the molecule is CCS(=O)(=O)c1ccc(CCC(=O)NC(C)C(C)C(=O)O)cc1. The highest BCUT2D eigenvalue weighted by atomic mass is 32.2. The van der Waals surface area contributed by atoms with E-state index in [0.717, 1.165) is 5.56 Å². The number of amides is 1. The monoisotopic (exact) mass is 341 g/mol. The molecular weight excluding hydrogens is 318 g/mol. The molecule has 2 N–H and O–H groups in total. The molecule has 6 nitrogen and oxygen atoms in total. The number of sulfone groups is 1. The lowest BCUT2D eigenvalue weighted by Crippen LogP contribution is -2.40. The van der Waals surface area contributed by atoms with Gasteiger partial charge in [0.15, 0.2) is 9.84 Å². The van der Waals surface area contributed by atoms with Crippen LogP contribution in [0.5, 0.6) is 0 Å². The number of carbonyl (C=O) groups excluding carboxylic acids is 1. The average Bonchev–Trinajstić information content (AvgIpc) is 2.52. The fourth-order valence-electron chi connectivity index (χ4n) is 1.95. The van der Waals surface area contributed by atoms with E-state index in [-0.39, 0.29) is 23.0 Å². The topological polar surface area (TPSA) is 101 Å². The number of aryl methyl sites for hydroxylation is 1. The normalized spacial score (nSPS) is 14.0. The van der Waals surface area contributed by atoms with Crippen molar-refractivity contribution in [3.8, 4) is 0 Å². The van der Waals surface area contributed by atoms with Crippen molar-refractivity contribution in [1.82, 2.24) is 5.32 Å². The Labute approximate surface area is 136 Å². The highest BCUT2D eigenvalue weighted by molar-refractivity contribution is 7.91. The Morgan fingerprint density at radius 2 is 1.74 bits per heavy atom. The van der Waals surface area contributed by atoms with Gasteiger partial charge in [-0.05, 0) is 38.0 Å². The van der Waals surface area contributed by atoms with E-state index in [1.807, 2.05) is 0 Å². The standard InChI is InChI=1S/C16H23NO5S/c1-4-23(21,22)14-8-5-13(6-9-14)7-10-15(18)17-12(3)11(2)16(19)20/h5-6,8-9,11-12H,4,7,10H2,1-3H3,(H,17,18)(H,19,20). The van der Waals surface area contributed by atoms with Crippen LogP contribution >= 0.6 is 0 Å². The molecule has 0 fully saturated rings. The van der Waals surface area contributed by atoms with E-state index in [0.29, 0.717) is 6.42 Å². The second-order valence-corrected chi connectivity index (χ2v) is 7.81. The second-order valence-electron chi connectivity index (χ2n) is 5.53. The molecule has 0 spiro atoms. The van der Waals surface area contributed by atoms with E-state index in [1.54, 1.807) is 45.0 Å². The van der Waals surface area contributed by atoms with Crippen molar-refractivity contribution >= 4 is 21.7 Å². The maximum atomic E-state index is 11.8. The van der Waals surface area contributed by atoms with E-state index in [2.05, 4.69) is 5.32 Å². The minimum atomic E-state index is -3.21. The fraction of sp³-hybridized carbons (Fsp3) is 0.500. The lowest BCUT2D eigenvalue weighted by atomic mass is 10.0. The summed E-state index contributed by atoms with van der Waals surface area (Å²) in [5.74, 6) is -1.78. The summed E-state index contributed by atoms with van der Waals surface area (Å²) in [5, 5.41) is 11.5. The summed E-state index contributed by atoms with van der Waals surface area (Å²) in [6, 6.07) is 6.03. The van der Waals surface area contributed by atoms with Gasteiger partial charge in [-0.15, -0.1) is 0 Å². The van der Waals surface area contributed by atoms with Crippen LogP contribution in [0.1, 0.15) is 32.8 Å². The molecule has 1 rings (SSSR count). The number of hydrogen-bond acceptors (Lipinski definition) is 4. The van der Waals surface area contributed by atoms with Crippen molar-refractivity contribution < 1.29 is 23.1 Å². The van der Waals surface area contributed by atoms with Gasteiger partial charge < -0.3 is 10.4 Å². The highest BCUT2D eigenvalue weighted by Gasteiger charge is 2.20. The van der Waals surface area contributed by atoms with Crippen LogP contribution in [0.4, 0.5) is 0 Å². The molecule has 2 atom stereocenters. The number of carbonyl (C=O) groups is 2. The minimum absolute atomic E-state index is 0.0500. The van der Waals surface area contributed by atoms with E-state index in [1.165, 1.54) is 0 Å². The molecule has 2 unspecified atom stereocenters. The van der Waals surface area contributed by atoms with Gasteiger partial charge in [-0.3, -0.25) is 9.59 Å². The van der Waals surface area contributed by atoms with Gasteiger partial charge >= 0.3 is 5.97 Å². The van der Waals surface area contributed by atoms with Crippen LogP contribution < -0.4 is 5.32 Å². The van der Waals surface area contributed by atoms with E-state index in [9.17, 15) is 18.0 Å². The average molecular weight is 341 g/mol. The number of rotatable bonds is 8. The van der Waals surface area contributed by atoms with Crippen molar-refractivity contribution in [2.45, 2.75) is 44.6 Å². The Bertz CT molecular complexity index is 652. The van der Waals surface area contributed by atoms with Crippen molar-refractivity contribution in [1.29, 1.82) is 0 Å². The van der Waals surface area contributed by atoms with Gasteiger partial charge in [0.25, 0.3) is 0 Å². The number of benzene rings is 1. The Kier molecular flexibility index (Phi) is 6.75. The summed E-state index contributed by atoms with van der Waals surface area (Å²) >= 11 is 0. The number of aliphatic carboxylic acids is 1. The molecule has 0 heterocycles. The molecule has 1 aromatic carbocycles. The number of carboxylic acids is 1. The zero-order chi connectivity index (χ0) is 17.6. The van der Waals surface area contributed by atoms with Gasteiger partial charge in [0, 0.05) is 12.5 Å². The Balaban J connectivity index is 2.55. The Morgan fingerprint density at radius 3 is 2.22 bits per heavy atom. The molecular formula is C16H23NO5S. The predicted octanol–water partition coefficient (Wildman–Crippen LogP) is 1.64. The molecule has 0 aliphatic rings. The minimum Gasteiger partial charge on any atom is -0.481 e. The summed E-state index contributed by atoms with van der Waals surface area (Å²) in [6.07, 6.45) is 0.684. The quantitative estimate of drug-likeness (QED) is 0.748. The summed E-state index contributed by atoms with van der Waals surface area (Å²) < 4.78 is 23.4. The zero-order valence-electron chi connectivity index (χ0n) is 13.6. The summed E-state index contributed by atoms with van der Waals surface area (Å²) in [7, 11) is -3.21. The third-order valence-electron chi connectivity index (χ3n) is 3.83. The van der Waals surface area contributed by atoms with Crippen LogP contribution in [0.2, 0.25) is 0 Å². The van der Waals surface area contributed by atoms with Gasteiger partial charge in [0.2, 0.25) is 5.91 Å². The van der Waals surface area contributed by atoms with Crippen molar-refractivity contribution in [2.75, 3.05) is 5.75 Å². The fourth-order valence-corrected chi connectivity index (χ4v) is 2.84. The van der Waals surface area contributed by atoms with Gasteiger partial charge in [-0.1, -0.05) is 19.1 Å². The van der Waals surface area contributed by atoms with Crippen LogP contribution in [0.3, 0.4) is 0 Å². The highest BCUT2D eigenvalue weighted by Crippen LogP contribution is 2.13. The first-order chi connectivity index (χ1) is 10.7. The van der Waals surface area contributed by atoms with Crippen molar-refractivity contribution in [3.63, 3.8) is 0 Å².